The summed E-state index contributed by atoms with van der Waals surface area (Å²) in [5, 5.41) is 37.7. The van der Waals surface area contributed by atoms with Gasteiger partial charge in [-0.2, -0.15) is 0 Å². The number of rotatable bonds is 26. The fraction of sp³-hybridized carbons (Fsp3) is 0.812. The van der Waals surface area contributed by atoms with Gasteiger partial charge in [-0.15, -0.1) is 0 Å². The average Bonchev–Trinajstić information content (AvgIpc) is 2.89. The van der Waals surface area contributed by atoms with Gasteiger partial charge in [0.05, 0.1) is 17.9 Å². The van der Waals surface area contributed by atoms with E-state index in [2.05, 4.69) is 24.5 Å². The Labute approximate surface area is 228 Å². The summed E-state index contributed by atoms with van der Waals surface area (Å²) < 4.78 is 0. The standard InChI is InChI=1S/C32H60N2O3/c1-3-5-7-9-11-13-15-17-19-22-28(35)26-33-30-24-21-25-31(37)32(30)34-27-29(36)23-20-18-16-14-12-10-8-6-4-2/h21,24-25,28-29,33-37H,3-20,22-23,26-27H2,1-2H3. The highest BCUT2D eigenvalue weighted by Crippen LogP contribution is 2.31. The summed E-state index contributed by atoms with van der Waals surface area (Å²) in [6.45, 7) is 5.36. The number of aliphatic hydroxyl groups excluding tert-OH is 2. The highest BCUT2D eigenvalue weighted by atomic mass is 16.3. The fourth-order valence-corrected chi connectivity index (χ4v) is 4.91. The average molecular weight is 521 g/mol. The van der Waals surface area contributed by atoms with Crippen molar-refractivity contribution in [2.75, 3.05) is 23.7 Å². The fourth-order valence-electron chi connectivity index (χ4n) is 4.91. The van der Waals surface area contributed by atoms with Crippen molar-refractivity contribution in [3.05, 3.63) is 18.2 Å². The molecule has 0 spiro atoms. The molecule has 5 nitrogen and oxygen atoms in total. The van der Waals surface area contributed by atoms with Crippen LogP contribution in [0.4, 0.5) is 11.4 Å². The molecule has 0 radical (unpaired) electrons. The number of anilines is 2. The van der Waals surface area contributed by atoms with Gasteiger partial charge in [-0.25, -0.2) is 0 Å². The Kier molecular flexibility index (Phi) is 21.4. The Morgan fingerprint density at radius 3 is 1.43 bits per heavy atom. The second-order valence-corrected chi connectivity index (χ2v) is 11.0. The van der Waals surface area contributed by atoms with Gasteiger partial charge in [0.25, 0.3) is 0 Å². The van der Waals surface area contributed by atoms with Gasteiger partial charge in [0.1, 0.15) is 11.4 Å². The van der Waals surface area contributed by atoms with Gasteiger partial charge in [-0.3, -0.25) is 0 Å². The highest BCUT2D eigenvalue weighted by molar-refractivity contribution is 5.75. The van der Waals surface area contributed by atoms with Crippen LogP contribution >= 0.6 is 0 Å². The van der Waals surface area contributed by atoms with E-state index in [9.17, 15) is 15.3 Å². The third-order valence-corrected chi connectivity index (χ3v) is 7.37. The van der Waals surface area contributed by atoms with E-state index in [0.29, 0.717) is 18.8 Å². The minimum absolute atomic E-state index is 0.161. The van der Waals surface area contributed by atoms with Gasteiger partial charge < -0.3 is 26.0 Å². The van der Waals surface area contributed by atoms with E-state index in [0.717, 1.165) is 31.4 Å². The lowest BCUT2D eigenvalue weighted by Crippen LogP contribution is -2.22. The van der Waals surface area contributed by atoms with E-state index >= 15 is 0 Å². The smallest absolute Gasteiger partial charge is 0.140 e. The van der Waals surface area contributed by atoms with Crippen LogP contribution in [0, 0.1) is 0 Å². The monoisotopic (exact) mass is 520 g/mol. The molecule has 0 bridgehead atoms. The maximum atomic E-state index is 10.4. The summed E-state index contributed by atoms with van der Waals surface area (Å²) in [5.74, 6) is 0.161. The summed E-state index contributed by atoms with van der Waals surface area (Å²) in [5.41, 5.74) is 1.37. The first-order chi connectivity index (χ1) is 18.1. The molecule has 2 atom stereocenters. The van der Waals surface area contributed by atoms with E-state index in [-0.39, 0.29) is 5.75 Å². The molecule has 216 valence electrons. The Morgan fingerprint density at radius 1 is 0.568 bits per heavy atom. The molecule has 37 heavy (non-hydrogen) atoms. The zero-order chi connectivity index (χ0) is 27.0. The van der Waals surface area contributed by atoms with Crippen LogP contribution in [-0.2, 0) is 0 Å². The van der Waals surface area contributed by atoms with Gasteiger partial charge in [-0.1, -0.05) is 135 Å². The lowest BCUT2D eigenvalue weighted by Gasteiger charge is -2.19. The number of hydrogen-bond donors (Lipinski definition) is 5. The summed E-state index contributed by atoms with van der Waals surface area (Å²) >= 11 is 0. The molecule has 1 rings (SSSR count). The van der Waals surface area contributed by atoms with Crippen LogP contribution in [0.25, 0.3) is 0 Å². The van der Waals surface area contributed by atoms with Crippen molar-refractivity contribution in [3.8, 4) is 5.75 Å². The predicted octanol–water partition coefficient (Wildman–Crippen LogP) is 8.78. The van der Waals surface area contributed by atoms with Crippen LogP contribution in [0.1, 0.15) is 142 Å². The number of nitrogens with one attached hydrogen (secondary N) is 2. The molecular formula is C32H60N2O3. The molecule has 1 aromatic rings. The Hall–Kier alpha value is -1.46. The van der Waals surface area contributed by atoms with Crippen LogP contribution in [0.5, 0.6) is 5.75 Å². The number of phenols is 1. The summed E-state index contributed by atoms with van der Waals surface area (Å²) in [6.07, 6.45) is 23.7. The van der Waals surface area contributed by atoms with Gasteiger partial charge in [0, 0.05) is 13.1 Å². The molecule has 0 fully saturated rings. The van der Waals surface area contributed by atoms with Crippen molar-refractivity contribution >= 4 is 11.4 Å². The Morgan fingerprint density at radius 2 is 0.973 bits per heavy atom. The second kappa shape index (κ2) is 23.6. The quantitative estimate of drug-likeness (QED) is 0.0622. The molecule has 0 aliphatic carbocycles. The van der Waals surface area contributed by atoms with Crippen molar-refractivity contribution < 1.29 is 15.3 Å². The van der Waals surface area contributed by atoms with Crippen LogP contribution < -0.4 is 10.6 Å². The minimum atomic E-state index is -0.436. The van der Waals surface area contributed by atoms with Gasteiger partial charge in [-0.05, 0) is 25.0 Å². The van der Waals surface area contributed by atoms with Gasteiger partial charge >= 0.3 is 0 Å². The van der Waals surface area contributed by atoms with Crippen LogP contribution in [0.15, 0.2) is 18.2 Å². The molecule has 0 heterocycles. The molecule has 0 aliphatic heterocycles. The summed E-state index contributed by atoms with van der Waals surface area (Å²) in [7, 11) is 0. The molecule has 0 saturated carbocycles. The molecule has 0 amide bonds. The number of para-hydroxylation sites is 1. The van der Waals surface area contributed by atoms with E-state index < -0.39 is 12.2 Å². The van der Waals surface area contributed by atoms with Crippen molar-refractivity contribution in [1.29, 1.82) is 0 Å². The number of aliphatic hydroxyl groups is 2. The molecule has 0 aromatic heterocycles. The third kappa shape index (κ3) is 18.4. The number of unbranched alkanes of at least 4 members (excludes halogenated alkanes) is 16. The topological polar surface area (TPSA) is 84.8 Å². The SMILES string of the molecule is CCCCCCCCCCCC(O)CNc1cccc(O)c1NCC(O)CCCCCCCCCCC. The predicted molar refractivity (Wildman–Crippen MR) is 161 cm³/mol. The number of phenolic OH excluding ortho intramolecular Hbond substituents is 1. The molecule has 2 unspecified atom stereocenters. The lowest BCUT2D eigenvalue weighted by atomic mass is 10.0. The molecule has 0 aliphatic rings. The minimum Gasteiger partial charge on any atom is -0.506 e. The van der Waals surface area contributed by atoms with E-state index in [4.69, 9.17) is 0 Å². The normalized spacial score (nSPS) is 13.0. The third-order valence-electron chi connectivity index (χ3n) is 7.37. The van der Waals surface area contributed by atoms with Crippen LogP contribution in [0.3, 0.4) is 0 Å². The zero-order valence-corrected chi connectivity index (χ0v) is 24.3. The number of benzene rings is 1. The van der Waals surface area contributed by atoms with Gasteiger partial charge in [0.2, 0.25) is 0 Å². The number of aromatic hydroxyl groups is 1. The van der Waals surface area contributed by atoms with Crippen molar-refractivity contribution in [1.82, 2.24) is 0 Å². The number of hydrogen-bond acceptors (Lipinski definition) is 5. The molecule has 5 N–H and O–H groups in total. The Bertz CT molecular complexity index is 640. The first kappa shape index (κ1) is 33.6. The maximum absolute atomic E-state index is 10.4. The van der Waals surface area contributed by atoms with Crippen LogP contribution in [-0.4, -0.2) is 40.6 Å². The molecule has 5 heteroatoms. The second-order valence-electron chi connectivity index (χ2n) is 11.0. The first-order valence-electron chi connectivity index (χ1n) is 15.7. The maximum Gasteiger partial charge on any atom is 0.140 e. The zero-order valence-electron chi connectivity index (χ0n) is 24.3. The van der Waals surface area contributed by atoms with E-state index in [1.54, 1.807) is 12.1 Å². The summed E-state index contributed by atoms with van der Waals surface area (Å²) in [6, 6.07) is 5.35. The van der Waals surface area contributed by atoms with Crippen molar-refractivity contribution in [3.63, 3.8) is 0 Å². The lowest BCUT2D eigenvalue weighted by molar-refractivity contribution is 0.172. The van der Waals surface area contributed by atoms with Gasteiger partial charge in [0.15, 0.2) is 0 Å². The molecule has 1 aromatic carbocycles. The first-order valence-corrected chi connectivity index (χ1v) is 15.7. The highest BCUT2D eigenvalue weighted by Gasteiger charge is 2.12. The summed E-state index contributed by atoms with van der Waals surface area (Å²) in [4.78, 5) is 0. The van der Waals surface area contributed by atoms with E-state index in [1.165, 1.54) is 103 Å². The van der Waals surface area contributed by atoms with Crippen LogP contribution in [0.2, 0.25) is 0 Å². The van der Waals surface area contributed by atoms with Crippen molar-refractivity contribution in [2.45, 2.75) is 154 Å². The molecular weight excluding hydrogens is 460 g/mol. The van der Waals surface area contributed by atoms with E-state index in [1.807, 2.05) is 6.07 Å². The van der Waals surface area contributed by atoms with Crippen molar-refractivity contribution in [2.24, 2.45) is 0 Å². The largest absolute Gasteiger partial charge is 0.506 e. The molecule has 0 saturated heterocycles. The Balaban J connectivity index is 2.20.